The second-order valence-electron chi connectivity index (χ2n) is 8.43. The number of methoxy groups -OCH3 is 1. The molecule has 0 saturated carbocycles. The third-order valence-electron chi connectivity index (χ3n) is 5.68. The lowest BCUT2D eigenvalue weighted by Crippen LogP contribution is -2.42. The van der Waals surface area contributed by atoms with Crippen molar-refractivity contribution in [2.75, 3.05) is 32.8 Å². The number of nitrogens with two attached hydrogens (primary N) is 2. The summed E-state index contributed by atoms with van der Waals surface area (Å²) in [7, 11) is -0.286. The largest absolute Gasteiger partial charge is 0.486 e. The number of benzene rings is 1. The van der Waals surface area contributed by atoms with Crippen molar-refractivity contribution in [2.45, 2.75) is 19.4 Å². The minimum Gasteiger partial charge on any atom is -0.486 e. The van der Waals surface area contributed by atoms with Crippen LogP contribution < -0.4 is 21.1 Å². The van der Waals surface area contributed by atoms with Crippen LogP contribution in [0.4, 0.5) is 0 Å². The number of pyridine rings is 2. The van der Waals surface area contributed by atoms with Crippen molar-refractivity contribution >= 4 is 32.3 Å². The molecule has 3 rings (SSSR count). The molecule has 0 aliphatic rings. The normalized spacial score (nSPS) is 13.9. The van der Waals surface area contributed by atoms with Gasteiger partial charge in [-0.2, -0.15) is 0 Å². The Bertz CT molecular complexity index is 1430. The highest BCUT2D eigenvalue weighted by Gasteiger charge is 2.40. The van der Waals surface area contributed by atoms with Gasteiger partial charge in [0.15, 0.2) is 15.4 Å². The Morgan fingerprint density at radius 1 is 1.25 bits per heavy atom. The Hall–Kier alpha value is -3.12. The summed E-state index contributed by atoms with van der Waals surface area (Å²) in [6.45, 7) is 3.49. The fourth-order valence-corrected chi connectivity index (χ4v) is 4.65. The fraction of sp³-hybridized carbons (Fsp3) is 0.333. The number of sulfone groups is 1. The molecule has 0 aliphatic carbocycles. The minimum atomic E-state index is -3.26. The maximum Gasteiger partial charge on any atom is 0.258 e. The van der Waals surface area contributed by atoms with Gasteiger partial charge < -0.3 is 25.3 Å². The number of nitrogens with zero attached hydrogens (tertiary/aromatic N) is 3. The molecule has 36 heavy (non-hydrogen) atoms. The Labute approximate surface area is 215 Å². The van der Waals surface area contributed by atoms with Crippen LogP contribution >= 0.6 is 11.6 Å². The van der Waals surface area contributed by atoms with Gasteiger partial charge in [0.1, 0.15) is 6.61 Å². The van der Waals surface area contributed by atoms with Gasteiger partial charge in [0, 0.05) is 41.8 Å². The van der Waals surface area contributed by atoms with Crippen LogP contribution in [0.2, 0.25) is 5.02 Å². The van der Waals surface area contributed by atoms with E-state index >= 15 is 0 Å². The van der Waals surface area contributed by atoms with E-state index in [1.54, 1.807) is 44.3 Å². The fourth-order valence-electron chi connectivity index (χ4n) is 3.97. The van der Waals surface area contributed by atoms with Crippen LogP contribution in [0.15, 0.2) is 42.2 Å². The molecule has 0 bridgehead atoms. The minimum absolute atomic E-state index is 0.0923. The summed E-state index contributed by atoms with van der Waals surface area (Å²) in [5, 5.41) is 14.0. The lowest BCUT2D eigenvalue weighted by atomic mass is 9.82. The van der Waals surface area contributed by atoms with E-state index in [2.05, 4.69) is 9.97 Å². The summed E-state index contributed by atoms with van der Waals surface area (Å²) in [6.07, 6.45) is 2.34. The van der Waals surface area contributed by atoms with Gasteiger partial charge >= 0.3 is 0 Å². The van der Waals surface area contributed by atoms with Gasteiger partial charge in [-0.1, -0.05) is 23.7 Å². The predicted molar refractivity (Wildman–Crippen MR) is 139 cm³/mol. The molecule has 12 heteroatoms. The molecular weight excluding hydrogens is 506 g/mol. The number of hydrogen-bond donors (Lipinski definition) is 3. The average molecular weight is 536 g/mol. The van der Waals surface area contributed by atoms with Crippen molar-refractivity contribution < 1.29 is 23.0 Å². The zero-order valence-electron chi connectivity index (χ0n) is 20.7. The van der Waals surface area contributed by atoms with E-state index in [1.807, 2.05) is 6.92 Å². The van der Waals surface area contributed by atoms with Crippen molar-refractivity contribution in [3.05, 3.63) is 69.8 Å². The molecule has 1 unspecified atom stereocenters. The highest BCUT2D eigenvalue weighted by atomic mass is 35.5. The molecule has 3 aromatic rings. The number of halogens is 1. The zero-order chi connectivity index (χ0) is 26.8. The molecule has 0 saturated heterocycles. The summed E-state index contributed by atoms with van der Waals surface area (Å²) in [6, 6.07) is 8.56. The number of hydrazine groups is 1. The first kappa shape index (κ1) is 27.5. The molecule has 5 N–H and O–H groups in total. The van der Waals surface area contributed by atoms with Crippen LogP contribution in [0.3, 0.4) is 0 Å². The van der Waals surface area contributed by atoms with Gasteiger partial charge in [0.25, 0.3) is 5.88 Å². The van der Waals surface area contributed by atoms with E-state index in [9.17, 15) is 13.5 Å². The predicted octanol–water partition coefficient (Wildman–Crippen LogP) is 2.17. The van der Waals surface area contributed by atoms with Crippen LogP contribution in [-0.2, 0) is 15.4 Å². The van der Waals surface area contributed by atoms with Crippen molar-refractivity contribution in [3.63, 3.8) is 0 Å². The van der Waals surface area contributed by atoms with E-state index in [-0.39, 0.29) is 34.7 Å². The molecule has 0 fully saturated rings. The monoisotopic (exact) mass is 535 g/mol. The summed E-state index contributed by atoms with van der Waals surface area (Å²) in [4.78, 5) is 8.95. The Kier molecular flexibility index (Phi) is 7.99. The topological polar surface area (TPSA) is 154 Å². The highest BCUT2D eigenvalue weighted by Crippen LogP contribution is 2.43. The molecule has 2 heterocycles. The van der Waals surface area contributed by atoms with Crippen LogP contribution in [0.5, 0.6) is 11.6 Å². The average Bonchev–Trinajstić information content (AvgIpc) is 2.79. The molecule has 2 aromatic heterocycles. The van der Waals surface area contributed by atoms with Gasteiger partial charge in [-0.15, -0.1) is 0 Å². The summed E-state index contributed by atoms with van der Waals surface area (Å²) in [5.41, 5.74) is 7.04. The standard InChI is InChI=1S/C24H30ClN5O5S/c1-14-6-8-18(15(2)28-14)24(31,20(13-26)30(3)27)16-7-9-19-17(12-16)21(25)22(23(29-19)34-4)35-10-11-36(5,32)33/h6-9,12-13,31H,10-11,26-27H2,1-5H3/b20-13-. The molecule has 0 amide bonds. The van der Waals surface area contributed by atoms with Crippen molar-refractivity contribution in [1.82, 2.24) is 15.0 Å². The van der Waals surface area contributed by atoms with Crippen molar-refractivity contribution in [1.29, 1.82) is 0 Å². The Morgan fingerprint density at radius 3 is 2.50 bits per heavy atom. The van der Waals surface area contributed by atoms with Gasteiger partial charge in [0.05, 0.1) is 29.1 Å². The number of ether oxygens (including phenoxy) is 2. The quantitative estimate of drug-likeness (QED) is 0.274. The first-order chi connectivity index (χ1) is 16.8. The lowest BCUT2D eigenvalue weighted by Gasteiger charge is -2.36. The van der Waals surface area contributed by atoms with Gasteiger partial charge in [-0.3, -0.25) is 4.98 Å². The first-order valence-corrected chi connectivity index (χ1v) is 13.3. The molecule has 194 valence electrons. The van der Waals surface area contributed by atoms with Crippen LogP contribution in [0.1, 0.15) is 22.5 Å². The summed E-state index contributed by atoms with van der Waals surface area (Å²) < 4.78 is 34.1. The van der Waals surface area contributed by atoms with Crippen molar-refractivity contribution in [2.24, 2.45) is 11.6 Å². The molecule has 0 aliphatic heterocycles. The van der Waals surface area contributed by atoms with Crippen LogP contribution in [0, 0.1) is 13.8 Å². The maximum absolute atomic E-state index is 12.2. The Balaban J connectivity index is 2.26. The number of likely N-dealkylation sites (N-methyl/N-ethyl adjacent to an activating group) is 1. The third-order valence-corrected chi connectivity index (χ3v) is 6.97. The summed E-state index contributed by atoms with van der Waals surface area (Å²) in [5.74, 6) is 6.05. The number of rotatable bonds is 9. The second kappa shape index (κ2) is 10.5. The van der Waals surface area contributed by atoms with Crippen molar-refractivity contribution in [3.8, 4) is 11.6 Å². The molecule has 0 spiro atoms. The zero-order valence-corrected chi connectivity index (χ0v) is 22.3. The van der Waals surface area contributed by atoms with Gasteiger partial charge in [-0.05, 0) is 37.6 Å². The van der Waals surface area contributed by atoms with Gasteiger partial charge in [-0.25, -0.2) is 19.2 Å². The van der Waals surface area contributed by atoms with E-state index in [0.29, 0.717) is 27.7 Å². The number of aryl methyl sites for hydroxylation is 2. The molecule has 1 aromatic carbocycles. The van der Waals surface area contributed by atoms with E-state index < -0.39 is 15.4 Å². The Morgan fingerprint density at radius 2 is 1.94 bits per heavy atom. The SMILES string of the molecule is COc1nc2ccc(C(O)(/C(=C/N)N(C)N)c3ccc(C)nc3C)cc2c(Cl)c1OCCS(C)(=O)=O. The van der Waals surface area contributed by atoms with Gasteiger partial charge in [0.2, 0.25) is 5.75 Å². The molecule has 1 atom stereocenters. The van der Waals surface area contributed by atoms with Crippen LogP contribution in [0.25, 0.3) is 10.9 Å². The highest BCUT2D eigenvalue weighted by molar-refractivity contribution is 7.90. The van der Waals surface area contributed by atoms with E-state index in [1.165, 1.54) is 18.3 Å². The lowest BCUT2D eigenvalue weighted by molar-refractivity contribution is 0.0870. The second-order valence-corrected chi connectivity index (χ2v) is 11.1. The molecule has 0 radical (unpaired) electrons. The first-order valence-electron chi connectivity index (χ1n) is 10.9. The van der Waals surface area contributed by atoms with E-state index in [4.69, 9.17) is 32.7 Å². The summed E-state index contributed by atoms with van der Waals surface area (Å²) >= 11 is 6.71. The number of fused-ring (bicyclic) bond motifs is 1. The van der Waals surface area contributed by atoms with Crippen LogP contribution in [-0.4, -0.2) is 61.3 Å². The number of aromatic nitrogens is 2. The number of aliphatic hydroxyl groups is 1. The number of hydrogen-bond acceptors (Lipinski definition) is 10. The molecule has 10 nitrogen and oxygen atoms in total. The molecular formula is C24H30ClN5O5S. The third kappa shape index (κ3) is 5.34. The van der Waals surface area contributed by atoms with E-state index in [0.717, 1.165) is 11.9 Å². The smallest absolute Gasteiger partial charge is 0.258 e. The maximum atomic E-state index is 12.2.